The number of carbonyl (C=O) groups is 1. The molecule has 3 aromatic rings. The summed E-state index contributed by atoms with van der Waals surface area (Å²) < 4.78 is 0. The number of hydrogen-bond donors (Lipinski definition) is 2. The van der Waals surface area contributed by atoms with Crippen LogP contribution in [0.2, 0.25) is 0 Å². The molecule has 3 rings (SSSR count). The molecular weight excluding hydrogens is 310 g/mol. The Bertz CT molecular complexity index is 890. The molecule has 0 saturated heterocycles. The van der Waals surface area contributed by atoms with E-state index in [1.54, 1.807) is 12.4 Å². The lowest BCUT2D eigenvalue weighted by atomic mass is 10.1. The summed E-state index contributed by atoms with van der Waals surface area (Å²) in [5, 5.41) is 6.26. The third-order valence-corrected chi connectivity index (χ3v) is 4.13. The number of anilines is 2. The largest absolute Gasteiger partial charge is 0.354 e. The van der Waals surface area contributed by atoms with Gasteiger partial charge in [0.1, 0.15) is 0 Å². The average Bonchev–Trinajstić information content (AvgIpc) is 2.63. The van der Waals surface area contributed by atoms with Gasteiger partial charge >= 0.3 is 0 Å². The third kappa shape index (κ3) is 4.23. The predicted octanol–water partition coefficient (Wildman–Crippen LogP) is 4.37. The predicted molar refractivity (Wildman–Crippen MR) is 101 cm³/mol. The van der Waals surface area contributed by atoms with Crippen molar-refractivity contribution >= 4 is 17.3 Å². The van der Waals surface area contributed by atoms with Crippen molar-refractivity contribution in [3.8, 4) is 0 Å². The van der Waals surface area contributed by atoms with Gasteiger partial charge in [-0.15, -0.1) is 0 Å². The van der Waals surface area contributed by atoms with Crippen LogP contribution in [0.25, 0.3) is 0 Å². The van der Waals surface area contributed by atoms with Crippen LogP contribution in [0.4, 0.5) is 11.4 Å². The summed E-state index contributed by atoms with van der Waals surface area (Å²) in [6.07, 6.45) is 3.29. The van der Waals surface area contributed by atoms with Crippen molar-refractivity contribution in [3.63, 3.8) is 0 Å². The van der Waals surface area contributed by atoms with E-state index in [0.717, 1.165) is 28.1 Å². The van der Waals surface area contributed by atoms with Crippen LogP contribution in [-0.2, 0) is 6.54 Å². The molecule has 0 saturated carbocycles. The first-order chi connectivity index (χ1) is 12.1. The molecule has 126 valence electrons. The molecule has 1 aromatic heterocycles. The Balaban J connectivity index is 1.69. The molecule has 4 nitrogen and oxygen atoms in total. The molecule has 0 radical (unpaired) electrons. The smallest absolute Gasteiger partial charge is 0.253 e. The van der Waals surface area contributed by atoms with Crippen molar-refractivity contribution in [1.82, 2.24) is 10.3 Å². The second-order valence-corrected chi connectivity index (χ2v) is 6.01. The van der Waals surface area contributed by atoms with Crippen LogP contribution in [0.5, 0.6) is 0 Å². The highest BCUT2D eigenvalue weighted by Crippen LogP contribution is 2.20. The zero-order valence-electron chi connectivity index (χ0n) is 14.4. The fourth-order valence-corrected chi connectivity index (χ4v) is 2.59. The van der Waals surface area contributed by atoms with Crippen molar-refractivity contribution in [3.05, 3.63) is 89.2 Å². The van der Waals surface area contributed by atoms with Gasteiger partial charge < -0.3 is 10.6 Å². The maximum Gasteiger partial charge on any atom is 0.253 e. The van der Waals surface area contributed by atoms with Crippen LogP contribution in [0.3, 0.4) is 0 Å². The number of pyridine rings is 1. The van der Waals surface area contributed by atoms with E-state index < -0.39 is 0 Å². The maximum absolute atomic E-state index is 12.4. The van der Waals surface area contributed by atoms with Gasteiger partial charge in [-0.05, 0) is 42.7 Å². The monoisotopic (exact) mass is 331 g/mol. The van der Waals surface area contributed by atoms with Gasteiger partial charge in [0.05, 0.1) is 17.4 Å². The number of hydrogen-bond acceptors (Lipinski definition) is 3. The molecule has 25 heavy (non-hydrogen) atoms. The Morgan fingerprint density at radius 3 is 2.44 bits per heavy atom. The summed E-state index contributed by atoms with van der Waals surface area (Å²) in [6.45, 7) is 4.57. The molecular formula is C21H21N3O. The number of carbonyl (C=O) groups excluding carboxylic acids is 1. The van der Waals surface area contributed by atoms with Crippen LogP contribution in [-0.4, -0.2) is 10.9 Å². The van der Waals surface area contributed by atoms with E-state index in [-0.39, 0.29) is 5.91 Å². The second-order valence-electron chi connectivity index (χ2n) is 6.01. The van der Waals surface area contributed by atoms with Crippen molar-refractivity contribution < 1.29 is 4.79 Å². The summed E-state index contributed by atoms with van der Waals surface area (Å²) in [4.78, 5) is 16.6. The summed E-state index contributed by atoms with van der Waals surface area (Å²) >= 11 is 0. The van der Waals surface area contributed by atoms with Crippen molar-refractivity contribution in [1.29, 1.82) is 0 Å². The summed E-state index contributed by atoms with van der Waals surface area (Å²) in [5.41, 5.74) is 5.73. The first kappa shape index (κ1) is 16.7. The van der Waals surface area contributed by atoms with E-state index in [9.17, 15) is 4.79 Å². The Kier molecular flexibility index (Phi) is 5.09. The second kappa shape index (κ2) is 7.62. The number of amides is 1. The van der Waals surface area contributed by atoms with E-state index in [1.165, 1.54) is 0 Å². The van der Waals surface area contributed by atoms with Gasteiger partial charge in [0.2, 0.25) is 0 Å². The van der Waals surface area contributed by atoms with Crippen molar-refractivity contribution in [2.75, 3.05) is 5.32 Å². The van der Waals surface area contributed by atoms with Crippen LogP contribution >= 0.6 is 0 Å². The molecule has 0 bridgehead atoms. The number of nitrogens with zero attached hydrogens (tertiary/aromatic N) is 1. The fraction of sp³-hybridized carbons (Fsp3) is 0.143. The Labute approximate surface area is 147 Å². The number of aromatic nitrogens is 1. The molecule has 1 amide bonds. The van der Waals surface area contributed by atoms with Gasteiger partial charge in [0.25, 0.3) is 5.91 Å². The highest BCUT2D eigenvalue weighted by Gasteiger charge is 2.08. The molecule has 0 unspecified atom stereocenters. The van der Waals surface area contributed by atoms with Crippen LogP contribution in [0.1, 0.15) is 27.0 Å². The van der Waals surface area contributed by atoms with Gasteiger partial charge in [-0.3, -0.25) is 9.78 Å². The van der Waals surface area contributed by atoms with Gasteiger partial charge in [0, 0.05) is 18.4 Å². The first-order valence-corrected chi connectivity index (χ1v) is 8.24. The minimum atomic E-state index is -0.135. The lowest BCUT2D eigenvalue weighted by molar-refractivity contribution is 0.0950. The van der Waals surface area contributed by atoms with E-state index in [0.29, 0.717) is 12.1 Å². The van der Waals surface area contributed by atoms with Crippen molar-refractivity contribution in [2.24, 2.45) is 0 Å². The quantitative estimate of drug-likeness (QED) is 0.730. The minimum Gasteiger partial charge on any atom is -0.354 e. The summed E-state index contributed by atoms with van der Waals surface area (Å²) in [6, 6.07) is 17.8. The summed E-state index contributed by atoms with van der Waals surface area (Å²) in [5.74, 6) is -0.135. The van der Waals surface area contributed by atoms with E-state index in [4.69, 9.17) is 0 Å². The first-order valence-electron chi connectivity index (χ1n) is 8.24. The topological polar surface area (TPSA) is 54.0 Å². The molecule has 0 aliphatic rings. The Morgan fingerprint density at radius 2 is 1.68 bits per heavy atom. The number of benzene rings is 2. The van der Waals surface area contributed by atoms with E-state index >= 15 is 0 Å². The highest BCUT2D eigenvalue weighted by atomic mass is 16.1. The number of para-hydroxylation sites is 1. The molecule has 4 heteroatoms. The average molecular weight is 331 g/mol. The molecule has 2 aromatic carbocycles. The van der Waals surface area contributed by atoms with Crippen LogP contribution in [0, 0.1) is 13.8 Å². The van der Waals surface area contributed by atoms with E-state index in [1.807, 2.05) is 68.4 Å². The Hall–Kier alpha value is -3.14. The number of rotatable bonds is 5. The zero-order valence-corrected chi connectivity index (χ0v) is 14.4. The molecule has 0 spiro atoms. The lowest BCUT2D eigenvalue weighted by Gasteiger charge is -2.11. The Morgan fingerprint density at radius 1 is 0.960 bits per heavy atom. The molecule has 1 heterocycles. The maximum atomic E-state index is 12.4. The van der Waals surface area contributed by atoms with Gasteiger partial charge in [-0.1, -0.05) is 42.5 Å². The minimum absolute atomic E-state index is 0.135. The SMILES string of the molecule is Cc1ccccc1CNC(=O)c1cncc(Nc2ccccc2C)c1. The highest BCUT2D eigenvalue weighted by molar-refractivity contribution is 5.94. The van der Waals surface area contributed by atoms with Crippen LogP contribution in [0.15, 0.2) is 67.0 Å². The standard InChI is InChI=1S/C21H21N3O/c1-15-7-3-5-9-17(15)13-23-21(25)18-11-19(14-22-12-18)24-20-10-6-4-8-16(20)2/h3-12,14,24H,13H2,1-2H3,(H,23,25). The summed E-state index contributed by atoms with van der Waals surface area (Å²) in [7, 11) is 0. The number of aryl methyl sites for hydroxylation is 2. The van der Waals surface area contributed by atoms with E-state index in [2.05, 4.69) is 15.6 Å². The van der Waals surface area contributed by atoms with Gasteiger partial charge in [0.15, 0.2) is 0 Å². The van der Waals surface area contributed by atoms with Crippen LogP contribution < -0.4 is 10.6 Å². The molecule has 0 aliphatic heterocycles. The molecule has 0 atom stereocenters. The molecule has 2 N–H and O–H groups in total. The molecule has 0 aliphatic carbocycles. The van der Waals surface area contributed by atoms with Gasteiger partial charge in [-0.2, -0.15) is 0 Å². The normalized spacial score (nSPS) is 10.3. The third-order valence-electron chi connectivity index (χ3n) is 4.13. The lowest BCUT2D eigenvalue weighted by Crippen LogP contribution is -2.23. The fourth-order valence-electron chi connectivity index (χ4n) is 2.59. The van der Waals surface area contributed by atoms with Crippen molar-refractivity contribution in [2.45, 2.75) is 20.4 Å². The molecule has 0 fully saturated rings. The number of nitrogens with one attached hydrogen (secondary N) is 2. The zero-order chi connectivity index (χ0) is 17.6. The van der Waals surface area contributed by atoms with Gasteiger partial charge in [-0.25, -0.2) is 0 Å².